The van der Waals surface area contributed by atoms with Crippen molar-refractivity contribution < 1.29 is 14.6 Å². The van der Waals surface area contributed by atoms with E-state index in [1.807, 2.05) is 6.92 Å². The lowest BCUT2D eigenvalue weighted by molar-refractivity contribution is -0.143. The molecule has 1 aliphatic rings. The smallest absolute Gasteiger partial charge is 0.325 e. The average Bonchev–Trinajstić information content (AvgIpc) is 2.16. The Morgan fingerprint density at radius 2 is 2.36 bits per heavy atom. The van der Waals surface area contributed by atoms with Crippen LogP contribution in [0.4, 0.5) is 0 Å². The van der Waals surface area contributed by atoms with E-state index in [4.69, 9.17) is 21.4 Å². The van der Waals surface area contributed by atoms with Crippen LogP contribution in [0.15, 0.2) is 0 Å². The molecule has 1 N–H and O–H groups in total. The molecule has 0 radical (unpaired) electrons. The molecule has 14 heavy (non-hydrogen) atoms. The van der Waals surface area contributed by atoms with Crippen LogP contribution in [0.1, 0.15) is 32.6 Å². The van der Waals surface area contributed by atoms with Gasteiger partial charge in [-0.3, -0.25) is 4.79 Å². The standard InChI is InChI=1S/C10H17ClO3/c1-2-14-7-8-5-3-4-6-10(8,11)9(12)13/h8H,2-7H2,1H3,(H,12,13). The molecular formula is C10H17ClO3. The number of ether oxygens (including phenoxy) is 1. The molecule has 0 heterocycles. The fourth-order valence-electron chi connectivity index (χ4n) is 1.96. The number of halogens is 1. The summed E-state index contributed by atoms with van der Waals surface area (Å²) in [4.78, 5) is 9.97. The second kappa shape index (κ2) is 4.99. The van der Waals surface area contributed by atoms with Gasteiger partial charge in [0.25, 0.3) is 0 Å². The Morgan fingerprint density at radius 1 is 1.64 bits per heavy atom. The number of hydrogen-bond donors (Lipinski definition) is 1. The number of hydrogen-bond acceptors (Lipinski definition) is 2. The Balaban J connectivity index is 2.63. The second-order valence-corrected chi connectivity index (χ2v) is 4.44. The Hall–Kier alpha value is -0.280. The van der Waals surface area contributed by atoms with Gasteiger partial charge in [0.15, 0.2) is 0 Å². The van der Waals surface area contributed by atoms with Crippen molar-refractivity contribution in [3.8, 4) is 0 Å². The molecule has 2 atom stereocenters. The number of carbonyl (C=O) groups is 1. The molecule has 1 aliphatic carbocycles. The van der Waals surface area contributed by atoms with E-state index in [2.05, 4.69) is 0 Å². The van der Waals surface area contributed by atoms with Gasteiger partial charge in [0.2, 0.25) is 0 Å². The third-order valence-electron chi connectivity index (χ3n) is 2.87. The van der Waals surface area contributed by atoms with E-state index in [0.29, 0.717) is 19.6 Å². The van der Waals surface area contributed by atoms with Crippen molar-refractivity contribution in [1.82, 2.24) is 0 Å². The number of carboxylic acids is 1. The molecule has 0 aromatic rings. The molecule has 0 aliphatic heterocycles. The first-order valence-corrected chi connectivity index (χ1v) is 5.49. The Morgan fingerprint density at radius 3 is 2.93 bits per heavy atom. The zero-order valence-corrected chi connectivity index (χ0v) is 9.22. The van der Waals surface area contributed by atoms with E-state index in [0.717, 1.165) is 19.3 Å². The van der Waals surface area contributed by atoms with Crippen LogP contribution >= 0.6 is 11.6 Å². The molecule has 0 bridgehead atoms. The van der Waals surface area contributed by atoms with E-state index in [9.17, 15) is 4.79 Å². The van der Waals surface area contributed by atoms with Gasteiger partial charge in [-0.1, -0.05) is 12.8 Å². The van der Waals surface area contributed by atoms with Crippen molar-refractivity contribution in [3.63, 3.8) is 0 Å². The maximum absolute atomic E-state index is 11.1. The van der Waals surface area contributed by atoms with Crippen molar-refractivity contribution in [2.45, 2.75) is 37.5 Å². The normalized spacial score (nSPS) is 32.9. The van der Waals surface area contributed by atoms with Crippen molar-refractivity contribution in [2.24, 2.45) is 5.92 Å². The van der Waals surface area contributed by atoms with Crippen LogP contribution < -0.4 is 0 Å². The van der Waals surface area contributed by atoms with E-state index in [-0.39, 0.29) is 5.92 Å². The first-order chi connectivity index (χ1) is 6.61. The lowest BCUT2D eigenvalue weighted by atomic mass is 9.79. The SMILES string of the molecule is CCOCC1CCCCC1(Cl)C(=O)O. The zero-order valence-electron chi connectivity index (χ0n) is 8.46. The first kappa shape index (κ1) is 11.8. The predicted molar refractivity (Wildman–Crippen MR) is 54.7 cm³/mol. The highest BCUT2D eigenvalue weighted by molar-refractivity contribution is 6.34. The summed E-state index contributed by atoms with van der Waals surface area (Å²) in [5, 5.41) is 9.08. The molecule has 0 aromatic carbocycles. The summed E-state index contributed by atoms with van der Waals surface area (Å²) in [6, 6.07) is 0. The first-order valence-electron chi connectivity index (χ1n) is 5.11. The van der Waals surface area contributed by atoms with Crippen molar-refractivity contribution in [3.05, 3.63) is 0 Å². The van der Waals surface area contributed by atoms with E-state index in [1.54, 1.807) is 0 Å². The van der Waals surface area contributed by atoms with Gasteiger partial charge in [-0.05, 0) is 19.8 Å². The van der Waals surface area contributed by atoms with Gasteiger partial charge in [-0.15, -0.1) is 11.6 Å². The Labute approximate surface area is 89.4 Å². The quantitative estimate of drug-likeness (QED) is 0.740. The summed E-state index contributed by atoms with van der Waals surface area (Å²) in [6.45, 7) is 2.98. The van der Waals surface area contributed by atoms with Crippen molar-refractivity contribution in [1.29, 1.82) is 0 Å². The fraction of sp³-hybridized carbons (Fsp3) is 0.900. The molecule has 0 aromatic heterocycles. The summed E-state index contributed by atoms with van der Waals surface area (Å²) < 4.78 is 5.27. The van der Waals surface area contributed by atoms with E-state index >= 15 is 0 Å². The zero-order chi connectivity index (χ0) is 10.6. The number of rotatable bonds is 4. The van der Waals surface area contributed by atoms with Crippen molar-refractivity contribution >= 4 is 17.6 Å². The molecule has 3 nitrogen and oxygen atoms in total. The molecule has 1 saturated carbocycles. The van der Waals surface area contributed by atoms with Crippen molar-refractivity contribution in [2.75, 3.05) is 13.2 Å². The maximum Gasteiger partial charge on any atom is 0.325 e. The summed E-state index contributed by atoms with van der Waals surface area (Å²) in [7, 11) is 0. The molecular weight excluding hydrogens is 204 g/mol. The van der Waals surface area contributed by atoms with Gasteiger partial charge in [0.1, 0.15) is 4.87 Å². The molecule has 4 heteroatoms. The molecule has 0 saturated heterocycles. The lowest BCUT2D eigenvalue weighted by Crippen LogP contribution is -2.44. The van der Waals surface area contributed by atoms with Crippen LogP contribution in [-0.4, -0.2) is 29.2 Å². The van der Waals surface area contributed by atoms with Crippen LogP contribution in [-0.2, 0) is 9.53 Å². The third kappa shape index (κ3) is 2.39. The third-order valence-corrected chi connectivity index (χ3v) is 3.53. The highest BCUT2D eigenvalue weighted by Crippen LogP contribution is 2.39. The molecule has 1 rings (SSSR count). The topological polar surface area (TPSA) is 46.5 Å². The minimum absolute atomic E-state index is 0.0460. The van der Waals surface area contributed by atoms with Crippen LogP contribution in [0.2, 0.25) is 0 Å². The Kier molecular flexibility index (Phi) is 4.20. The van der Waals surface area contributed by atoms with Gasteiger partial charge in [0, 0.05) is 12.5 Å². The molecule has 0 spiro atoms. The summed E-state index contributed by atoms with van der Waals surface area (Å²) in [6.07, 6.45) is 3.37. The number of carboxylic acid groups (broad SMARTS) is 1. The molecule has 2 unspecified atom stereocenters. The second-order valence-electron chi connectivity index (χ2n) is 3.77. The minimum atomic E-state index is -1.09. The van der Waals surface area contributed by atoms with Gasteiger partial charge < -0.3 is 9.84 Å². The fourth-order valence-corrected chi connectivity index (χ4v) is 2.27. The highest BCUT2D eigenvalue weighted by Gasteiger charge is 2.45. The number of alkyl halides is 1. The molecule has 82 valence electrons. The van der Waals surface area contributed by atoms with E-state index < -0.39 is 10.8 Å². The molecule has 0 amide bonds. The van der Waals surface area contributed by atoms with Crippen LogP contribution in [0.3, 0.4) is 0 Å². The van der Waals surface area contributed by atoms with Crippen LogP contribution in [0, 0.1) is 5.92 Å². The monoisotopic (exact) mass is 220 g/mol. The van der Waals surface area contributed by atoms with Gasteiger partial charge in [-0.25, -0.2) is 0 Å². The van der Waals surface area contributed by atoms with Gasteiger partial charge in [-0.2, -0.15) is 0 Å². The van der Waals surface area contributed by atoms with Gasteiger partial charge >= 0.3 is 5.97 Å². The van der Waals surface area contributed by atoms with E-state index in [1.165, 1.54) is 0 Å². The maximum atomic E-state index is 11.1. The minimum Gasteiger partial charge on any atom is -0.480 e. The average molecular weight is 221 g/mol. The highest BCUT2D eigenvalue weighted by atomic mass is 35.5. The summed E-state index contributed by atoms with van der Waals surface area (Å²) >= 11 is 6.13. The van der Waals surface area contributed by atoms with Crippen LogP contribution in [0.5, 0.6) is 0 Å². The lowest BCUT2D eigenvalue weighted by Gasteiger charge is -2.35. The largest absolute Gasteiger partial charge is 0.480 e. The Bertz CT molecular complexity index is 208. The molecule has 1 fully saturated rings. The van der Waals surface area contributed by atoms with Gasteiger partial charge in [0.05, 0.1) is 6.61 Å². The summed E-state index contributed by atoms with van der Waals surface area (Å²) in [5.74, 6) is -0.945. The number of aliphatic carboxylic acids is 1. The summed E-state index contributed by atoms with van der Waals surface area (Å²) in [5.41, 5.74) is 0. The predicted octanol–water partition coefficient (Wildman–Crippen LogP) is 2.28. The van der Waals surface area contributed by atoms with Crippen LogP contribution in [0.25, 0.3) is 0 Å².